The van der Waals surface area contributed by atoms with Crippen molar-refractivity contribution in [2.75, 3.05) is 26.1 Å². The molecule has 51 heavy (non-hydrogen) atoms. The van der Waals surface area contributed by atoms with E-state index in [1.165, 1.54) is 20.8 Å². The number of methoxy groups -OCH3 is 1. The van der Waals surface area contributed by atoms with E-state index in [9.17, 15) is 0 Å². The lowest BCUT2D eigenvalue weighted by Crippen LogP contribution is -2.49. The van der Waals surface area contributed by atoms with Crippen LogP contribution in [-0.4, -0.2) is 39.0 Å². The predicted octanol–water partition coefficient (Wildman–Crippen LogP) is 12.7. The summed E-state index contributed by atoms with van der Waals surface area (Å²) in [5.41, 5.74) is 0.673. The molecule has 0 N–H and O–H groups in total. The molecule has 0 fully saturated rings. The maximum atomic E-state index is 16.0. The third-order valence-electron chi connectivity index (χ3n) is 9.06. The number of hydrogen-bond donors (Lipinski definition) is 0. The number of rotatable bonds is 9. The summed E-state index contributed by atoms with van der Waals surface area (Å²) in [7, 11) is 5.46. The summed E-state index contributed by atoms with van der Waals surface area (Å²) in [6.07, 6.45) is 10.7. The minimum Gasteiger partial charge on any atom is -0.497 e. The predicted molar refractivity (Wildman–Crippen MR) is 203 cm³/mol. The lowest BCUT2D eigenvalue weighted by Gasteiger charge is -2.26. The minimum absolute atomic E-state index is 0.217. The molecular weight excluding hydrogens is 701 g/mol. The van der Waals surface area contributed by atoms with Crippen LogP contribution in [0, 0.1) is 20.8 Å². The molecule has 2 aromatic heterocycles. The molecule has 0 aliphatic heterocycles. The average molecular weight is 736 g/mol. The van der Waals surface area contributed by atoms with Gasteiger partial charge in [-0.05, 0) is 79.4 Å². The molecule has 1 aliphatic carbocycles. The molecule has 0 amide bonds. The molecule has 5 aromatic rings. The second-order valence-electron chi connectivity index (χ2n) is 12.6. The first-order chi connectivity index (χ1) is 24.1. The molecule has 0 saturated carbocycles. The Bertz CT molecular complexity index is 2220. The van der Waals surface area contributed by atoms with E-state index in [1.54, 1.807) is 43.5 Å². The Kier molecular flexibility index (Phi) is 9.63. The second kappa shape index (κ2) is 13.5. The number of anilines is 1. The Morgan fingerprint density at radius 3 is 1.78 bits per heavy atom. The fourth-order valence-corrected chi connectivity index (χ4v) is 8.55. The summed E-state index contributed by atoms with van der Waals surface area (Å²) < 4.78 is 100. The first-order valence-electron chi connectivity index (χ1n) is 16.0. The highest BCUT2D eigenvalue weighted by atomic mass is 32.1. The Morgan fingerprint density at radius 1 is 0.627 bits per heavy atom. The minimum atomic E-state index is -5.64. The number of alkyl halides is 6. The van der Waals surface area contributed by atoms with Gasteiger partial charge in [0.25, 0.3) is 0 Å². The SMILES string of the molecule is COc1ccc(C=Cc2ccc3c(C4=C(c5c(C)sc(C=CC=Cc6ccc(N(C)C)cc6)c5C)C(F)(F)C(F)(F)C4(F)F)c(C)sc3c2)cc1. The van der Waals surface area contributed by atoms with Crippen molar-refractivity contribution in [3.05, 3.63) is 127 Å². The third-order valence-corrected chi connectivity index (χ3v) is 11.3. The van der Waals surface area contributed by atoms with Crippen molar-refractivity contribution in [2.45, 2.75) is 38.5 Å². The van der Waals surface area contributed by atoms with Crippen molar-refractivity contribution in [1.82, 2.24) is 0 Å². The summed E-state index contributed by atoms with van der Waals surface area (Å²) in [5, 5.41) is 0.217. The van der Waals surface area contributed by atoms with Gasteiger partial charge in [0.15, 0.2) is 0 Å². The van der Waals surface area contributed by atoms with Gasteiger partial charge in [-0.3, -0.25) is 0 Å². The summed E-state index contributed by atoms with van der Waals surface area (Å²) in [6.45, 7) is 4.52. The van der Waals surface area contributed by atoms with Crippen LogP contribution >= 0.6 is 22.7 Å². The third kappa shape index (κ3) is 6.33. The van der Waals surface area contributed by atoms with Gasteiger partial charge in [-0.1, -0.05) is 66.8 Å². The van der Waals surface area contributed by atoms with Gasteiger partial charge in [-0.15, -0.1) is 22.7 Å². The zero-order valence-electron chi connectivity index (χ0n) is 28.8. The van der Waals surface area contributed by atoms with E-state index in [2.05, 4.69) is 0 Å². The summed E-state index contributed by atoms with van der Waals surface area (Å²) in [5.74, 6) is -15.2. The Labute approximate surface area is 301 Å². The Hall–Kier alpha value is -4.54. The molecule has 0 spiro atoms. The zero-order valence-corrected chi connectivity index (χ0v) is 30.4. The van der Waals surface area contributed by atoms with Crippen LogP contribution in [0.1, 0.15) is 48.0 Å². The molecular formula is C41H35F6NOS2. The highest BCUT2D eigenvalue weighted by Gasteiger charge is 2.80. The van der Waals surface area contributed by atoms with Gasteiger partial charge in [0.2, 0.25) is 0 Å². The van der Waals surface area contributed by atoms with E-state index in [0.717, 1.165) is 45.1 Å². The average Bonchev–Trinajstić information content (AvgIpc) is 3.59. The van der Waals surface area contributed by atoms with Crippen molar-refractivity contribution in [3.8, 4) is 5.75 Å². The van der Waals surface area contributed by atoms with Crippen LogP contribution in [0.15, 0.2) is 78.9 Å². The zero-order chi connectivity index (χ0) is 36.9. The molecule has 2 nitrogen and oxygen atoms in total. The lowest BCUT2D eigenvalue weighted by molar-refractivity contribution is -0.254. The van der Waals surface area contributed by atoms with Gasteiger partial charge < -0.3 is 9.64 Å². The van der Waals surface area contributed by atoms with Gasteiger partial charge in [0, 0.05) is 66.8 Å². The van der Waals surface area contributed by atoms with Gasteiger partial charge >= 0.3 is 17.8 Å². The maximum Gasteiger partial charge on any atom is 0.380 e. The molecule has 0 saturated heterocycles. The molecule has 264 valence electrons. The maximum absolute atomic E-state index is 16.0. The van der Waals surface area contributed by atoms with Crippen LogP contribution in [0.3, 0.4) is 0 Å². The van der Waals surface area contributed by atoms with Crippen molar-refractivity contribution in [3.63, 3.8) is 0 Å². The van der Waals surface area contributed by atoms with Crippen LogP contribution in [0.5, 0.6) is 5.75 Å². The topological polar surface area (TPSA) is 12.5 Å². The fourth-order valence-electron chi connectivity index (χ4n) is 6.34. The van der Waals surface area contributed by atoms with Crippen molar-refractivity contribution in [2.24, 2.45) is 0 Å². The monoisotopic (exact) mass is 735 g/mol. The number of thiophene rings is 2. The van der Waals surface area contributed by atoms with Crippen LogP contribution in [-0.2, 0) is 0 Å². The quantitative estimate of drug-likeness (QED) is 0.0849. The first-order valence-corrected chi connectivity index (χ1v) is 17.7. The molecule has 2 heterocycles. The normalized spacial score (nSPS) is 16.8. The number of aryl methyl sites for hydroxylation is 2. The summed E-state index contributed by atoms with van der Waals surface area (Å²) in [6, 6.07) is 20.2. The van der Waals surface area contributed by atoms with Crippen LogP contribution < -0.4 is 9.64 Å². The first kappa shape index (κ1) is 36.3. The molecule has 3 aromatic carbocycles. The molecule has 1 aliphatic rings. The molecule has 0 unspecified atom stereocenters. The van der Waals surface area contributed by atoms with Gasteiger partial charge in [0.1, 0.15) is 5.75 Å². The van der Waals surface area contributed by atoms with E-state index >= 15 is 26.3 Å². The molecule has 6 rings (SSSR count). The Morgan fingerprint density at radius 2 is 1.16 bits per heavy atom. The molecule has 0 bridgehead atoms. The van der Waals surface area contributed by atoms with Gasteiger partial charge in [-0.2, -0.15) is 26.3 Å². The number of allylic oxidation sites excluding steroid dienone is 4. The standard InChI is InChI=1S/C41H35F6NOS2/c1-24-33(10-8-7-9-27-13-18-30(19-14-27)48(4)5)50-25(2)35(24)37-38(40(44,45)41(46,47)39(37,42)43)36-26(3)51-34-23-29(17-22-32(34)36)12-11-28-15-20-31(49-6)21-16-28/h7-23H,1-6H3. The smallest absolute Gasteiger partial charge is 0.380 e. The molecule has 10 heteroatoms. The highest BCUT2D eigenvalue weighted by molar-refractivity contribution is 7.19. The van der Waals surface area contributed by atoms with Crippen molar-refractivity contribution < 1.29 is 31.1 Å². The van der Waals surface area contributed by atoms with E-state index in [1.807, 2.05) is 85.8 Å². The lowest BCUT2D eigenvalue weighted by atomic mass is 9.91. The molecule has 0 atom stereocenters. The fraction of sp³-hybridized carbons (Fsp3) is 0.220. The Balaban J connectivity index is 1.42. The van der Waals surface area contributed by atoms with E-state index in [4.69, 9.17) is 4.74 Å². The van der Waals surface area contributed by atoms with Crippen molar-refractivity contribution >= 4 is 73.9 Å². The van der Waals surface area contributed by atoms with Gasteiger partial charge in [0.05, 0.1) is 7.11 Å². The van der Waals surface area contributed by atoms with E-state index < -0.39 is 28.9 Å². The van der Waals surface area contributed by atoms with Crippen molar-refractivity contribution in [1.29, 1.82) is 0 Å². The summed E-state index contributed by atoms with van der Waals surface area (Å²) in [4.78, 5) is 2.99. The van der Waals surface area contributed by atoms with Crippen LogP contribution in [0.2, 0.25) is 0 Å². The van der Waals surface area contributed by atoms with E-state index in [-0.39, 0.29) is 31.8 Å². The van der Waals surface area contributed by atoms with Crippen LogP contribution in [0.25, 0.3) is 45.5 Å². The largest absolute Gasteiger partial charge is 0.497 e. The van der Waals surface area contributed by atoms with Crippen LogP contribution in [0.4, 0.5) is 32.0 Å². The number of hydrogen-bond acceptors (Lipinski definition) is 4. The molecule has 0 radical (unpaired) electrons. The summed E-state index contributed by atoms with van der Waals surface area (Å²) >= 11 is 2.21. The van der Waals surface area contributed by atoms with Gasteiger partial charge in [-0.25, -0.2) is 0 Å². The number of halogens is 6. The number of fused-ring (bicyclic) bond motifs is 1. The number of benzene rings is 3. The number of ether oxygens (including phenoxy) is 1. The highest BCUT2D eigenvalue weighted by Crippen LogP contribution is 2.66. The number of nitrogens with zero attached hydrogens (tertiary/aromatic N) is 1. The second-order valence-corrected chi connectivity index (χ2v) is 15.1. The van der Waals surface area contributed by atoms with E-state index in [0.29, 0.717) is 15.3 Å².